The molecule has 0 bridgehead atoms. The second-order valence-electron chi connectivity index (χ2n) is 4.57. The van der Waals surface area contributed by atoms with Gasteiger partial charge in [-0.25, -0.2) is 4.79 Å². The highest BCUT2D eigenvalue weighted by Gasteiger charge is 2.18. The Hall–Kier alpha value is -1.03. The highest BCUT2D eigenvalue weighted by molar-refractivity contribution is 7.17. The minimum Gasteiger partial charge on any atom is -0.458 e. The normalized spacial score (nSPS) is 18.4. The minimum absolute atomic E-state index is 0.103. The lowest BCUT2D eigenvalue weighted by Crippen LogP contribution is -2.18. The smallest absolute Gasteiger partial charge is 0.348 e. The van der Waals surface area contributed by atoms with Crippen LogP contribution in [0.1, 0.15) is 54.6 Å². The summed E-state index contributed by atoms with van der Waals surface area (Å²) in [5.74, 6) is -0.211. The van der Waals surface area contributed by atoms with Crippen molar-refractivity contribution in [2.45, 2.75) is 51.0 Å². The van der Waals surface area contributed by atoms with Gasteiger partial charge in [0, 0.05) is 0 Å². The van der Waals surface area contributed by atoms with Crippen LogP contribution in [0.2, 0.25) is 0 Å². The summed E-state index contributed by atoms with van der Waals surface area (Å²) < 4.78 is 5.54. The largest absolute Gasteiger partial charge is 0.458 e. The van der Waals surface area contributed by atoms with Crippen molar-refractivity contribution in [3.05, 3.63) is 17.0 Å². The van der Waals surface area contributed by atoms with Crippen LogP contribution in [0.15, 0.2) is 12.1 Å². The lowest BCUT2D eigenvalue weighted by Gasteiger charge is -2.19. The fraction of sp³-hybridized carbons (Fsp3) is 0.615. The average molecular weight is 253 g/mol. The van der Waals surface area contributed by atoms with Crippen LogP contribution in [0.25, 0.3) is 0 Å². The number of ether oxygens (including phenoxy) is 1. The fourth-order valence-electron chi connectivity index (χ4n) is 2.21. The summed E-state index contributed by atoms with van der Waals surface area (Å²) >= 11 is 1.30. The van der Waals surface area contributed by atoms with Crippen molar-refractivity contribution >= 4 is 22.3 Å². The van der Waals surface area contributed by atoms with Crippen LogP contribution in [0.3, 0.4) is 0 Å². The first-order valence-corrected chi connectivity index (χ1v) is 7.13. The number of hydrogen-bond donors (Lipinski definition) is 1. The summed E-state index contributed by atoms with van der Waals surface area (Å²) in [5, 5.41) is 0.662. The van der Waals surface area contributed by atoms with Crippen molar-refractivity contribution in [1.29, 1.82) is 0 Å². The van der Waals surface area contributed by atoms with E-state index < -0.39 is 0 Å². The molecule has 94 valence electrons. The van der Waals surface area contributed by atoms with Gasteiger partial charge in [0.15, 0.2) is 0 Å². The van der Waals surface area contributed by atoms with E-state index in [-0.39, 0.29) is 12.1 Å². The Morgan fingerprint density at radius 3 is 2.41 bits per heavy atom. The SMILES string of the molecule is Nc1ccc(C(=O)OC2CCCCCCC2)s1. The van der Waals surface area contributed by atoms with E-state index in [1.165, 1.54) is 43.4 Å². The molecule has 1 fully saturated rings. The number of nitrogen functional groups attached to an aromatic ring is 1. The lowest BCUT2D eigenvalue weighted by molar-refractivity contribution is 0.0245. The van der Waals surface area contributed by atoms with Crippen LogP contribution in [0.4, 0.5) is 5.00 Å². The molecule has 0 amide bonds. The molecular formula is C13H19NO2S. The third-order valence-corrected chi connectivity index (χ3v) is 4.05. The second-order valence-corrected chi connectivity index (χ2v) is 5.69. The van der Waals surface area contributed by atoms with E-state index in [4.69, 9.17) is 10.5 Å². The van der Waals surface area contributed by atoms with Crippen molar-refractivity contribution < 1.29 is 9.53 Å². The van der Waals surface area contributed by atoms with Gasteiger partial charge >= 0.3 is 5.97 Å². The molecule has 3 nitrogen and oxygen atoms in total. The molecule has 2 rings (SSSR count). The molecule has 0 aromatic carbocycles. The van der Waals surface area contributed by atoms with Crippen LogP contribution < -0.4 is 5.73 Å². The Labute approximate surface area is 106 Å². The van der Waals surface area contributed by atoms with Crippen molar-refractivity contribution in [2.75, 3.05) is 5.73 Å². The van der Waals surface area contributed by atoms with E-state index in [0.717, 1.165) is 12.8 Å². The quantitative estimate of drug-likeness (QED) is 0.819. The minimum atomic E-state index is -0.211. The van der Waals surface area contributed by atoms with Crippen molar-refractivity contribution in [3.8, 4) is 0 Å². The van der Waals surface area contributed by atoms with Crippen LogP contribution in [0, 0.1) is 0 Å². The maximum atomic E-state index is 11.9. The summed E-state index contributed by atoms with van der Waals surface area (Å²) in [6.07, 6.45) is 8.31. The molecule has 0 aliphatic heterocycles. The van der Waals surface area contributed by atoms with E-state index in [9.17, 15) is 4.79 Å². The molecular weight excluding hydrogens is 234 g/mol. The molecule has 1 aromatic rings. The number of anilines is 1. The molecule has 4 heteroatoms. The molecule has 0 atom stereocenters. The van der Waals surface area contributed by atoms with E-state index in [0.29, 0.717) is 9.88 Å². The summed E-state index contributed by atoms with van der Waals surface area (Å²) in [7, 11) is 0. The Balaban J connectivity index is 1.88. The number of hydrogen-bond acceptors (Lipinski definition) is 4. The average Bonchev–Trinajstić information content (AvgIpc) is 2.68. The first-order chi connectivity index (χ1) is 8.25. The predicted molar refractivity (Wildman–Crippen MR) is 70.3 cm³/mol. The van der Waals surface area contributed by atoms with Gasteiger partial charge in [-0.3, -0.25) is 0 Å². The molecule has 17 heavy (non-hydrogen) atoms. The molecule has 2 N–H and O–H groups in total. The Kier molecular flexibility index (Phi) is 4.42. The Morgan fingerprint density at radius 1 is 1.18 bits per heavy atom. The monoisotopic (exact) mass is 253 g/mol. The van der Waals surface area contributed by atoms with Gasteiger partial charge in [0.05, 0.1) is 5.00 Å². The van der Waals surface area contributed by atoms with Crippen molar-refractivity contribution in [3.63, 3.8) is 0 Å². The lowest BCUT2D eigenvalue weighted by atomic mass is 9.98. The summed E-state index contributed by atoms with van der Waals surface area (Å²) in [6, 6.07) is 3.49. The Bertz CT molecular complexity index is 367. The fourth-order valence-corrected chi connectivity index (χ4v) is 2.87. The van der Waals surface area contributed by atoms with Gasteiger partial charge in [0.2, 0.25) is 0 Å². The van der Waals surface area contributed by atoms with Gasteiger partial charge in [0.1, 0.15) is 11.0 Å². The van der Waals surface area contributed by atoms with Crippen LogP contribution >= 0.6 is 11.3 Å². The van der Waals surface area contributed by atoms with Gasteiger partial charge in [-0.05, 0) is 37.8 Å². The van der Waals surface area contributed by atoms with Crippen molar-refractivity contribution in [1.82, 2.24) is 0 Å². The van der Waals surface area contributed by atoms with E-state index in [1.807, 2.05) is 0 Å². The number of esters is 1. The van der Waals surface area contributed by atoms with E-state index >= 15 is 0 Å². The number of thiophene rings is 1. The van der Waals surface area contributed by atoms with Crippen LogP contribution in [0.5, 0.6) is 0 Å². The molecule has 0 saturated heterocycles. The second kappa shape index (κ2) is 6.05. The third kappa shape index (κ3) is 3.73. The molecule has 1 aromatic heterocycles. The standard InChI is InChI=1S/C13H19NO2S/c14-12-9-8-11(17-12)13(15)16-10-6-4-2-1-3-5-7-10/h8-10H,1-7,14H2. The van der Waals surface area contributed by atoms with E-state index in [1.54, 1.807) is 12.1 Å². The topological polar surface area (TPSA) is 52.3 Å². The third-order valence-electron chi connectivity index (χ3n) is 3.15. The molecule has 1 aliphatic rings. The Morgan fingerprint density at radius 2 is 1.82 bits per heavy atom. The summed E-state index contributed by atoms with van der Waals surface area (Å²) in [5.41, 5.74) is 5.61. The summed E-state index contributed by atoms with van der Waals surface area (Å²) in [4.78, 5) is 12.5. The van der Waals surface area contributed by atoms with Gasteiger partial charge in [0.25, 0.3) is 0 Å². The maximum absolute atomic E-state index is 11.9. The molecule has 0 radical (unpaired) electrons. The molecule has 1 aliphatic carbocycles. The zero-order valence-electron chi connectivity index (χ0n) is 9.98. The first kappa shape index (κ1) is 12.4. The molecule has 0 unspecified atom stereocenters. The first-order valence-electron chi connectivity index (χ1n) is 6.32. The number of nitrogens with two attached hydrogens (primary N) is 1. The molecule has 1 saturated carbocycles. The highest BCUT2D eigenvalue weighted by atomic mass is 32.1. The number of rotatable bonds is 2. The van der Waals surface area contributed by atoms with Gasteiger partial charge in [-0.15, -0.1) is 11.3 Å². The summed E-state index contributed by atoms with van der Waals surface area (Å²) in [6.45, 7) is 0. The van der Waals surface area contributed by atoms with Gasteiger partial charge in [-0.1, -0.05) is 19.3 Å². The van der Waals surface area contributed by atoms with Gasteiger partial charge < -0.3 is 10.5 Å². The zero-order valence-corrected chi connectivity index (χ0v) is 10.8. The van der Waals surface area contributed by atoms with Crippen LogP contribution in [-0.4, -0.2) is 12.1 Å². The predicted octanol–water partition coefficient (Wildman–Crippen LogP) is 3.60. The van der Waals surface area contributed by atoms with Crippen molar-refractivity contribution in [2.24, 2.45) is 0 Å². The molecule has 0 spiro atoms. The maximum Gasteiger partial charge on any atom is 0.348 e. The number of carbonyl (C=O) groups is 1. The van der Waals surface area contributed by atoms with Crippen LogP contribution in [-0.2, 0) is 4.74 Å². The van der Waals surface area contributed by atoms with E-state index in [2.05, 4.69) is 0 Å². The van der Waals surface area contributed by atoms with Gasteiger partial charge in [-0.2, -0.15) is 0 Å². The zero-order chi connectivity index (χ0) is 12.1. The molecule has 1 heterocycles. The number of carbonyl (C=O) groups excluding carboxylic acids is 1. The highest BCUT2D eigenvalue weighted by Crippen LogP contribution is 2.23.